The van der Waals surface area contributed by atoms with Crippen LogP contribution >= 0.6 is 0 Å². The Bertz CT molecular complexity index is 890. The number of fused-ring (bicyclic) bond motifs is 1. The maximum absolute atomic E-state index is 12.4. The van der Waals surface area contributed by atoms with Gasteiger partial charge >= 0.3 is 0 Å². The number of carbonyl (C=O) groups is 1. The summed E-state index contributed by atoms with van der Waals surface area (Å²) in [7, 11) is 2.00. The SMILES string of the molecule is Cn1cc(CC(=O)Nc2cnn(C[C@@H]3CCCO3)c2)c2ccccc21. The number of aryl methyl sites for hydroxylation is 1. The van der Waals surface area contributed by atoms with Gasteiger partial charge in [0, 0.05) is 37.0 Å². The van der Waals surface area contributed by atoms with Gasteiger partial charge in [0.2, 0.25) is 5.91 Å². The summed E-state index contributed by atoms with van der Waals surface area (Å²) >= 11 is 0. The summed E-state index contributed by atoms with van der Waals surface area (Å²) in [5, 5.41) is 8.37. The van der Waals surface area contributed by atoms with Crippen LogP contribution in [0.2, 0.25) is 0 Å². The fourth-order valence-corrected chi connectivity index (χ4v) is 3.47. The van der Waals surface area contributed by atoms with Crippen LogP contribution in [-0.2, 0) is 29.5 Å². The summed E-state index contributed by atoms with van der Waals surface area (Å²) in [5.74, 6) is -0.0342. The number of hydrogen-bond donors (Lipinski definition) is 1. The molecule has 6 heteroatoms. The Morgan fingerprint density at radius 2 is 2.24 bits per heavy atom. The fourth-order valence-electron chi connectivity index (χ4n) is 3.47. The van der Waals surface area contributed by atoms with Gasteiger partial charge in [-0.2, -0.15) is 5.10 Å². The van der Waals surface area contributed by atoms with E-state index in [9.17, 15) is 4.79 Å². The summed E-state index contributed by atoms with van der Waals surface area (Å²) in [4.78, 5) is 12.4. The summed E-state index contributed by atoms with van der Waals surface area (Å²) in [6, 6.07) is 8.12. The minimum Gasteiger partial charge on any atom is -0.376 e. The van der Waals surface area contributed by atoms with Crippen LogP contribution in [0.4, 0.5) is 5.69 Å². The van der Waals surface area contributed by atoms with Gasteiger partial charge in [-0.3, -0.25) is 9.48 Å². The molecule has 1 fully saturated rings. The molecule has 1 aliphatic rings. The van der Waals surface area contributed by atoms with Crippen LogP contribution in [0.5, 0.6) is 0 Å². The van der Waals surface area contributed by atoms with Crippen molar-refractivity contribution in [3.63, 3.8) is 0 Å². The van der Waals surface area contributed by atoms with Gasteiger partial charge in [0.1, 0.15) is 0 Å². The van der Waals surface area contributed by atoms with E-state index in [1.165, 1.54) is 0 Å². The molecule has 1 aromatic carbocycles. The van der Waals surface area contributed by atoms with Gasteiger partial charge < -0.3 is 14.6 Å². The molecule has 3 heterocycles. The van der Waals surface area contributed by atoms with Crippen LogP contribution in [0.1, 0.15) is 18.4 Å². The first-order valence-corrected chi connectivity index (χ1v) is 8.66. The minimum absolute atomic E-state index is 0.0342. The topological polar surface area (TPSA) is 61.1 Å². The Labute approximate surface area is 146 Å². The second kappa shape index (κ2) is 6.72. The first kappa shape index (κ1) is 15.9. The number of nitrogens with zero attached hydrogens (tertiary/aromatic N) is 3. The molecule has 0 bridgehead atoms. The summed E-state index contributed by atoms with van der Waals surface area (Å²) in [6.45, 7) is 1.57. The molecule has 0 unspecified atom stereocenters. The van der Waals surface area contributed by atoms with E-state index < -0.39 is 0 Å². The zero-order valence-electron chi connectivity index (χ0n) is 14.3. The molecule has 3 aromatic rings. The van der Waals surface area contributed by atoms with E-state index >= 15 is 0 Å². The first-order chi connectivity index (χ1) is 12.2. The number of amides is 1. The highest BCUT2D eigenvalue weighted by Gasteiger charge is 2.17. The molecule has 1 atom stereocenters. The number of para-hydroxylation sites is 1. The average molecular weight is 338 g/mol. The molecule has 25 heavy (non-hydrogen) atoms. The van der Waals surface area contributed by atoms with Crippen molar-refractivity contribution < 1.29 is 9.53 Å². The van der Waals surface area contributed by atoms with Gasteiger partial charge in [-0.1, -0.05) is 18.2 Å². The van der Waals surface area contributed by atoms with Crippen molar-refractivity contribution in [2.24, 2.45) is 7.05 Å². The lowest BCUT2D eigenvalue weighted by atomic mass is 10.1. The Kier molecular flexibility index (Phi) is 4.28. The van der Waals surface area contributed by atoms with Gasteiger partial charge in [0.25, 0.3) is 0 Å². The molecule has 6 nitrogen and oxygen atoms in total. The highest BCUT2D eigenvalue weighted by molar-refractivity contribution is 5.95. The Hall–Kier alpha value is -2.60. The smallest absolute Gasteiger partial charge is 0.228 e. The molecular formula is C19H22N4O2. The van der Waals surface area contributed by atoms with Crippen molar-refractivity contribution in [3.8, 4) is 0 Å². The van der Waals surface area contributed by atoms with E-state index in [2.05, 4.69) is 27.1 Å². The zero-order chi connectivity index (χ0) is 17.2. The first-order valence-electron chi connectivity index (χ1n) is 8.66. The van der Waals surface area contributed by atoms with Crippen molar-refractivity contribution in [1.82, 2.24) is 14.3 Å². The van der Waals surface area contributed by atoms with E-state index in [1.54, 1.807) is 6.20 Å². The van der Waals surface area contributed by atoms with E-state index in [1.807, 2.05) is 36.3 Å². The van der Waals surface area contributed by atoms with Crippen LogP contribution in [0.15, 0.2) is 42.9 Å². The predicted molar refractivity (Wildman–Crippen MR) is 96.5 cm³/mol. The predicted octanol–water partition coefficient (Wildman–Crippen LogP) is 2.74. The van der Waals surface area contributed by atoms with E-state index in [4.69, 9.17) is 4.74 Å². The standard InChI is InChI=1S/C19H22N4O2/c1-22-11-14(17-6-2-3-7-18(17)22)9-19(24)21-15-10-20-23(12-15)13-16-5-4-8-25-16/h2-3,6-7,10-12,16H,4-5,8-9,13H2,1H3,(H,21,24)/t16-/m0/s1. The highest BCUT2D eigenvalue weighted by Crippen LogP contribution is 2.21. The van der Waals surface area contributed by atoms with Gasteiger partial charge in [0.05, 0.1) is 31.0 Å². The van der Waals surface area contributed by atoms with Gasteiger partial charge in [0.15, 0.2) is 0 Å². The molecule has 4 rings (SSSR count). The molecule has 130 valence electrons. The third kappa shape index (κ3) is 3.44. The van der Waals surface area contributed by atoms with Crippen molar-refractivity contribution in [2.75, 3.05) is 11.9 Å². The number of hydrogen-bond acceptors (Lipinski definition) is 3. The second-order valence-electron chi connectivity index (χ2n) is 6.59. The Morgan fingerprint density at radius 3 is 3.08 bits per heavy atom. The quantitative estimate of drug-likeness (QED) is 0.778. The van der Waals surface area contributed by atoms with Gasteiger partial charge in [-0.05, 0) is 24.5 Å². The summed E-state index contributed by atoms with van der Waals surface area (Å²) in [6.07, 6.45) is 8.34. The molecule has 0 spiro atoms. The minimum atomic E-state index is -0.0342. The van der Waals surface area contributed by atoms with E-state index in [0.29, 0.717) is 6.42 Å². The lowest BCUT2D eigenvalue weighted by Gasteiger charge is -2.08. The lowest BCUT2D eigenvalue weighted by molar-refractivity contribution is -0.115. The molecule has 1 aliphatic heterocycles. The molecule has 2 aromatic heterocycles. The molecule has 1 saturated heterocycles. The third-order valence-electron chi connectivity index (χ3n) is 4.66. The van der Waals surface area contributed by atoms with Crippen LogP contribution in [0, 0.1) is 0 Å². The van der Waals surface area contributed by atoms with Gasteiger partial charge in [-0.25, -0.2) is 0 Å². The van der Waals surface area contributed by atoms with Crippen LogP contribution in [0.3, 0.4) is 0 Å². The van der Waals surface area contributed by atoms with Crippen molar-refractivity contribution in [2.45, 2.75) is 31.9 Å². The molecule has 0 radical (unpaired) electrons. The Morgan fingerprint density at radius 1 is 1.36 bits per heavy atom. The van der Waals surface area contributed by atoms with Crippen molar-refractivity contribution >= 4 is 22.5 Å². The number of aromatic nitrogens is 3. The second-order valence-corrected chi connectivity index (χ2v) is 6.59. The normalized spacial score (nSPS) is 17.2. The highest BCUT2D eigenvalue weighted by atomic mass is 16.5. The fraction of sp³-hybridized carbons (Fsp3) is 0.368. The van der Waals surface area contributed by atoms with E-state index in [-0.39, 0.29) is 12.0 Å². The monoisotopic (exact) mass is 338 g/mol. The van der Waals surface area contributed by atoms with Crippen molar-refractivity contribution in [3.05, 3.63) is 48.4 Å². The van der Waals surface area contributed by atoms with Crippen molar-refractivity contribution in [1.29, 1.82) is 0 Å². The molecule has 0 saturated carbocycles. The number of ether oxygens (including phenoxy) is 1. The Balaban J connectivity index is 1.41. The molecule has 1 amide bonds. The largest absolute Gasteiger partial charge is 0.376 e. The number of anilines is 1. The summed E-state index contributed by atoms with van der Waals surface area (Å²) < 4.78 is 9.51. The molecule has 1 N–H and O–H groups in total. The van der Waals surface area contributed by atoms with Crippen LogP contribution in [-0.4, -0.2) is 33.0 Å². The lowest BCUT2D eigenvalue weighted by Crippen LogP contribution is -2.15. The zero-order valence-corrected chi connectivity index (χ0v) is 14.3. The maximum atomic E-state index is 12.4. The average Bonchev–Trinajstić information content (AvgIpc) is 3.32. The van der Waals surface area contributed by atoms with E-state index in [0.717, 1.165) is 48.1 Å². The number of carbonyl (C=O) groups excluding carboxylic acids is 1. The molecular weight excluding hydrogens is 316 g/mol. The molecule has 0 aliphatic carbocycles. The van der Waals surface area contributed by atoms with Gasteiger partial charge in [-0.15, -0.1) is 0 Å². The number of rotatable bonds is 5. The van der Waals surface area contributed by atoms with Crippen LogP contribution in [0.25, 0.3) is 10.9 Å². The maximum Gasteiger partial charge on any atom is 0.228 e. The number of nitrogens with one attached hydrogen (secondary N) is 1. The summed E-state index contributed by atoms with van der Waals surface area (Å²) in [5.41, 5.74) is 2.89. The van der Waals surface area contributed by atoms with Crippen LogP contribution < -0.4 is 5.32 Å². The third-order valence-corrected chi connectivity index (χ3v) is 4.66. The number of benzene rings is 1.